The van der Waals surface area contributed by atoms with E-state index in [-0.39, 0.29) is 5.56 Å². The summed E-state index contributed by atoms with van der Waals surface area (Å²) in [6.45, 7) is 3.85. The highest BCUT2D eigenvalue weighted by Gasteiger charge is 2.16. The molecular weight excluding hydrogens is 296 g/mol. The Morgan fingerprint density at radius 1 is 1.39 bits per heavy atom. The van der Waals surface area contributed by atoms with Gasteiger partial charge in [-0.2, -0.15) is 0 Å². The number of hydrogen-bond donors (Lipinski definition) is 3. The second-order valence-electron chi connectivity index (χ2n) is 5.19. The van der Waals surface area contributed by atoms with Crippen molar-refractivity contribution in [1.29, 1.82) is 0 Å². The molecule has 0 bridgehead atoms. The van der Waals surface area contributed by atoms with E-state index in [1.807, 2.05) is 13.8 Å². The van der Waals surface area contributed by atoms with Crippen LogP contribution in [0.25, 0.3) is 11.4 Å². The number of carboxylic acid groups (broad SMARTS) is 1. The van der Waals surface area contributed by atoms with Crippen LogP contribution in [0.15, 0.2) is 29.2 Å². The van der Waals surface area contributed by atoms with Crippen molar-refractivity contribution in [3.63, 3.8) is 0 Å². The number of aliphatic carboxylic acids is 1. The zero-order chi connectivity index (χ0) is 16.8. The number of nitrogens with zero attached hydrogens (tertiary/aromatic N) is 2. The predicted octanol–water partition coefficient (Wildman–Crippen LogP) is 2.06. The van der Waals surface area contributed by atoms with Crippen LogP contribution in [0, 0.1) is 0 Å². The third kappa shape index (κ3) is 4.38. The molecule has 2 heterocycles. The Hall–Kier alpha value is -2.70. The number of rotatable bonds is 7. The van der Waals surface area contributed by atoms with Crippen LogP contribution in [0.4, 0.5) is 5.82 Å². The normalized spacial score (nSPS) is 11.9. The number of carbonyl (C=O) groups is 1. The molecule has 2 rings (SSSR count). The van der Waals surface area contributed by atoms with Crippen molar-refractivity contribution >= 4 is 11.8 Å². The van der Waals surface area contributed by atoms with Crippen LogP contribution in [0.3, 0.4) is 0 Å². The van der Waals surface area contributed by atoms with E-state index in [0.29, 0.717) is 35.7 Å². The van der Waals surface area contributed by atoms with Gasteiger partial charge in [-0.15, -0.1) is 0 Å². The maximum atomic E-state index is 11.6. The van der Waals surface area contributed by atoms with Crippen molar-refractivity contribution in [1.82, 2.24) is 15.0 Å². The van der Waals surface area contributed by atoms with Crippen molar-refractivity contribution in [2.45, 2.75) is 39.2 Å². The highest BCUT2D eigenvalue weighted by atomic mass is 16.4. The van der Waals surface area contributed by atoms with E-state index in [1.165, 1.54) is 6.07 Å². The summed E-state index contributed by atoms with van der Waals surface area (Å²) >= 11 is 0. The lowest BCUT2D eigenvalue weighted by molar-refractivity contribution is -0.138. The van der Waals surface area contributed by atoms with Crippen molar-refractivity contribution in [2.75, 3.05) is 5.32 Å². The summed E-state index contributed by atoms with van der Waals surface area (Å²) in [6, 6.07) is 4.23. The zero-order valence-corrected chi connectivity index (χ0v) is 13.2. The maximum Gasteiger partial charge on any atom is 0.326 e. The van der Waals surface area contributed by atoms with E-state index < -0.39 is 12.0 Å². The number of hydrogen-bond acceptors (Lipinski definition) is 5. The largest absolute Gasteiger partial charge is 0.480 e. The lowest BCUT2D eigenvalue weighted by Crippen LogP contribution is -2.29. The number of carboxylic acids is 1. The standard InChI is InChI=1S/C16H20N4O3/c1-3-5-12(16(22)23)19-13-7-6-10(9-17-13)15-18-11(4-2)8-14(21)20-15/h6-9,12H,3-5H2,1-2H3,(H,17,19)(H,22,23)(H,18,20,21). The average Bonchev–Trinajstić information content (AvgIpc) is 2.54. The molecule has 7 nitrogen and oxygen atoms in total. The first-order chi connectivity index (χ1) is 11.0. The molecule has 7 heteroatoms. The number of anilines is 1. The van der Waals surface area contributed by atoms with Gasteiger partial charge in [0.1, 0.15) is 17.7 Å². The molecule has 0 amide bonds. The van der Waals surface area contributed by atoms with Gasteiger partial charge in [-0.25, -0.2) is 14.8 Å². The first-order valence-electron chi connectivity index (χ1n) is 7.59. The van der Waals surface area contributed by atoms with E-state index in [0.717, 1.165) is 6.42 Å². The average molecular weight is 316 g/mol. The molecule has 0 aliphatic heterocycles. The molecular formula is C16H20N4O3. The fourth-order valence-corrected chi connectivity index (χ4v) is 2.17. The van der Waals surface area contributed by atoms with E-state index in [4.69, 9.17) is 5.11 Å². The van der Waals surface area contributed by atoms with Crippen LogP contribution >= 0.6 is 0 Å². The molecule has 0 saturated heterocycles. The summed E-state index contributed by atoms with van der Waals surface area (Å²) in [6.07, 6.45) is 3.51. The Kier molecular flexibility index (Phi) is 5.46. The van der Waals surface area contributed by atoms with Gasteiger partial charge in [0.2, 0.25) is 0 Å². The minimum Gasteiger partial charge on any atom is -0.480 e. The second kappa shape index (κ2) is 7.53. The van der Waals surface area contributed by atoms with Gasteiger partial charge in [-0.05, 0) is 25.0 Å². The third-order valence-electron chi connectivity index (χ3n) is 3.39. The predicted molar refractivity (Wildman–Crippen MR) is 87.4 cm³/mol. The Morgan fingerprint density at radius 2 is 2.17 bits per heavy atom. The van der Waals surface area contributed by atoms with Crippen LogP contribution < -0.4 is 10.9 Å². The number of pyridine rings is 1. The summed E-state index contributed by atoms with van der Waals surface area (Å²) in [5.74, 6) is 0.0275. The summed E-state index contributed by atoms with van der Waals surface area (Å²) in [5.41, 5.74) is 1.17. The molecule has 0 saturated carbocycles. The molecule has 0 radical (unpaired) electrons. The van der Waals surface area contributed by atoms with Crippen LogP contribution in [-0.4, -0.2) is 32.1 Å². The molecule has 0 fully saturated rings. The first-order valence-corrected chi connectivity index (χ1v) is 7.59. The lowest BCUT2D eigenvalue weighted by Gasteiger charge is -2.14. The van der Waals surface area contributed by atoms with Gasteiger partial charge < -0.3 is 15.4 Å². The second-order valence-corrected chi connectivity index (χ2v) is 5.19. The Bertz CT molecular complexity index is 725. The van der Waals surface area contributed by atoms with Crippen LogP contribution in [0.1, 0.15) is 32.4 Å². The summed E-state index contributed by atoms with van der Waals surface area (Å²) < 4.78 is 0. The highest BCUT2D eigenvalue weighted by molar-refractivity contribution is 5.76. The Labute approximate surface area is 133 Å². The van der Waals surface area contributed by atoms with E-state index in [2.05, 4.69) is 20.3 Å². The molecule has 1 unspecified atom stereocenters. The molecule has 2 aromatic rings. The van der Waals surface area contributed by atoms with Gasteiger partial charge in [-0.3, -0.25) is 4.79 Å². The van der Waals surface area contributed by atoms with Gasteiger partial charge in [0.25, 0.3) is 5.56 Å². The van der Waals surface area contributed by atoms with Crippen LogP contribution in [0.2, 0.25) is 0 Å². The van der Waals surface area contributed by atoms with E-state index >= 15 is 0 Å². The number of nitrogens with one attached hydrogen (secondary N) is 2. The van der Waals surface area contributed by atoms with Gasteiger partial charge in [-0.1, -0.05) is 20.3 Å². The van der Waals surface area contributed by atoms with Gasteiger partial charge in [0, 0.05) is 23.5 Å². The zero-order valence-electron chi connectivity index (χ0n) is 13.2. The molecule has 3 N–H and O–H groups in total. The minimum atomic E-state index is -0.903. The smallest absolute Gasteiger partial charge is 0.326 e. The van der Waals surface area contributed by atoms with Gasteiger partial charge >= 0.3 is 5.97 Å². The minimum absolute atomic E-state index is 0.206. The lowest BCUT2D eigenvalue weighted by atomic mass is 10.1. The van der Waals surface area contributed by atoms with Crippen molar-refractivity contribution in [3.05, 3.63) is 40.4 Å². The molecule has 122 valence electrons. The van der Waals surface area contributed by atoms with Crippen LogP contribution in [0.5, 0.6) is 0 Å². The summed E-state index contributed by atoms with van der Waals surface area (Å²) in [4.78, 5) is 34.0. The number of aromatic nitrogens is 3. The molecule has 2 aromatic heterocycles. The Balaban J connectivity index is 2.21. The quantitative estimate of drug-likeness (QED) is 0.721. The molecule has 23 heavy (non-hydrogen) atoms. The van der Waals surface area contributed by atoms with Crippen molar-refractivity contribution in [3.8, 4) is 11.4 Å². The topological polar surface area (TPSA) is 108 Å². The fourth-order valence-electron chi connectivity index (χ4n) is 2.17. The van der Waals surface area contributed by atoms with Crippen LogP contribution in [-0.2, 0) is 11.2 Å². The third-order valence-corrected chi connectivity index (χ3v) is 3.39. The maximum absolute atomic E-state index is 11.6. The molecule has 0 aliphatic carbocycles. The molecule has 0 aromatic carbocycles. The molecule has 0 spiro atoms. The summed E-state index contributed by atoms with van der Waals surface area (Å²) in [5, 5.41) is 12.0. The SMILES string of the molecule is CCCC(Nc1ccc(-c2nc(CC)cc(=O)[nH]2)cn1)C(=O)O. The molecule has 0 aliphatic rings. The highest BCUT2D eigenvalue weighted by Crippen LogP contribution is 2.16. The van der Waals surface area contributed by atoms with E-state index in [9.17, 15) is 9.59 Å². The van der Waals surface area contributed by atoms with E-state index in [1.54, 1.807) is 18.3 Å². The van der Waals surface area contributed by atoms with Gasteiger partial charge in [0.15, 0.2) is 0 Å². The molecule has 1 atom stereocenters. The fraction of sp³-hybridized carbons (Fsp3) is 0.375. The van der Waals surface area contributed by atoms with Gasteiger partial charge in [0.05, 0.1) is 0 Å². The number of aromatic amines is 1. The monoisotopic (exact) mass is 316 g/mol. The Morgan fingerprint density at radius 3 is 2.74 bits per heavy atom. The first kappa shape index (κ1) is 16.7. The van der Waals surface area contributed by atoms with Crippen molar-refractivity contribution < 1.29 is 9.90 Å². The number of aryl methyl sites for hydroxylation is 1. The number of H-pyrrole nitrogens is 1. The van der Waals surface area contributed by atoms with Crippen molar-refractivity contribution in [2.24, 2.45) is 0 Å². The summed E-state index contributed by atoms with van der Waals surface area (Å²) in [7, 11) is 0.